The number of hydrogen-bond acceptors (Lipinski definition) is 6. The van der Waals surface area contributed by atoms with E-state index in [0.29, 0.717) is 6.61 Å². The molecule has 33 heavy (non-hydrogen) atoms. The molecule has 2 aromatic carbocycles. The Morgan fingerprint density at radius 3 is 2.24 bits per heavy atom. The van der Waals surface area contributed by atoms with E-state index in [1.807, 2.05) is 42.5 Å². The van der Waals surface area contributed by atoms with Gasteiger partial charge >= 0.3 is 12.1 Å². The predicted molar refractivity (Wildman–Crippen MR) is 124 cm³/mol. The van der Waals surface area contributed by atoms with E-state index in [0.717, 1.165) is 24.2 Å². The van der Waals surface area contributed by atoms with Crippen LogP contribution in [0.2, 0.25) is 0 Å². The normalized spacial score (nSPS) is 18.5. The molecule has 1 atom stereocenters. The molecule has 1 amide bonds. The zero-order chi connectivity index (χ0) is 23.8. The van der Waals surface area contributed by atoms with Gasteiger partial charge in [0, 0.05) is 19.3 Å². The molecule has 0 radical (unpaired) electrons. The van der Waals surface area contributed by atoms with Gasteiger partial charge in [-0.2, -0.15) is 0 Å². The van der Waals surface area contributed by atoms with Crippen molar-refractivity contribution in [2.45, 2.75) is 70.5 Å². The maximum Gasteiger partial charge on any atom is 0.408 e. The molecule has 7 heteroatoms. The molecule has 0 bridgehead atoms. The fourth-order valence-corrected chi connectivity index (χ4v) is 3.46. The summed E-state index contributed by atoms with van der Waals surface area (Å²) in [6.07, 6.45) is 1.69. The fraction of sp³-hybridized carbons (Fsp3) is 0.462. The summed E-state index contributed by atoms with van der Waals surface area (Å²) < 4.78 is 22.0. The van der Waals surface area contributed by atoms with E-state index in [9.17, 15) is 9.59 Å². The van der Waals surface area contributed by atoms with Crippen LogP contribution in [0.4, 0.5) is 4.79 Å². The Bertz CT molecular complexity index is 901. The number of methoxy groups -OCH3 is 1. The summed E-state index contributed by atoms with van der Waals surface area (Å²) in [6.45, 7) is 5.90. The summed E-state index contributed by atoms with van der Waals surface area (Å²) in [7, 11) is 1.29. The SMILES string of the molecule is COC(=O)[C@H](Cc1ccc(O[C@H]2C[C@H](OCc3ccccc3)C2)cc1)NC(=O)OC(C)(C)C. The van der Waals surface area contributed by atoms with Gasteiger partial charge in [0.05, 0.1) is 19.8 Å². The van der Waals surface area contributed by atoms with Gasteiger partial charge in [-0.1, -0.05) is 42.5 Å². The molecule has 0 saturated heterocycles. The highest BCUT2D eigenvalue weighted by atomic mass is 16.6. The van der Waals surface area contributed by atoms with E-state index in [1.165, 1.54) is 12.7 Å². The molecule has 0 heterocycles. The number of carbonyl (C=O) groups excluding carboxylic acids is 2. The van der Waals surface area contributed by atoms with Gasteiger partial charge in [0.2, 0.25) is 0 Å². The Hall–Kier alpha value is -3.06. The van der Waals surface area contributed by atoms with E-state index in [2.05, 4.69) is 17.4 Å². The lowest BCUT2D eigenvalue weighted by atomic mass is 9.92. The highest BCUT2D eigenvalue weighted by molar-refractivity contribution is 5.81. The maximum atomic E-state index is 12.1. The summed E-state index contributed by atoms with van der Waals surface area (Å²) in [4.78, 5) is 24.2. The van der Waals surface area contributed by atoms with Crippen molar-refractivity contribution in [2.75, 3.05) is 7.11 Å². The van der Waals surface area contributed by atoms with Crippen LogP contribution >= 0.6 is 0 Å². The standard InChI is InChI=1S/C26H33NO6/c1-26(2,3)33-25(29)27-23(24(28)30-4)14-18-10-12-20(13-11-18)32-22-15-21(16-22)31-17-19-8-6-5-7-9-19/h5-13,21-23H,14-17H2,1-4H3,(H,27,29)/t21-,22-,23-/m0/s1. The van der Waals surface area contributed by atoms with E-state index >= 15 is 0 Å². The molecular formula is C26H33NO6. The van der Waals surface area contributed by atoms with Gasteiger partial charge in [0.15, 0.2) is 0 Å². The second kappa shape index (κ2) is 11.2. The van der Waals surface area contributed by atoms with Crippen molar-refractivity contribution < 1.29 is 28.5 Å². The molecule has 178 valence electrons. The number of benzene rings is 2. The van der Waals surface area contributed by atoms with Crippen LogP contribution in [0.3, 0.4) is 0 Å². The molecule has 1 fully saturated rings. The summed E-state index contributed by atoms with van der Waals surface area (Å²) in [5, 5.41) is 2.59. The average Bonchev–Trinajstić information content (AvgIpc) is 2.74. The Morgan fingerprint density at radius 2 is 1.64 bits per heavy atom. The van der Waals surface area contributed by atoms with Crippen molar-refractivity contribution in [1.29, 1.82) is 0 Å². The maximum absolute atomic E-state index is 12.1. The number of esters is 1. The third-order valence-corrected chi connectivity index (χ3v) is 5.22. The Morgan fingerprint density at radius 1 is 0.970 bits per heavy atom. The molecular weight excluding hydrogens is 422 g/mol. The van der Waals surface area contributed by atoms with Crippen molar-refractivity contribution in [2.24, 2.45) is 0 Å². The molecule has 1 saturated carbocycles. The highest BCUT2D eigenvalue weighted by Gasteiger charge is 2.32. The average molecular weight is 456 g/mol. The number of carbonyl (C=O) groups is 2. The molecule has 3 rings (SSSR count). The summed E-state index contributed by atoms with van der Waals surface area (Å²) in [5.41, 5.74) is 1.38. The minimum atomic E-state index is -0.842. The van der Waals surface area contributed by atoms with Gasteiger partial charge in [0.25, 0.3) is 0 Å². The Kier molecular flexibility index (Phi) is 8.33. The first-order valence-electron chi connectivity index (χ1n) is 11.2. The van der Waals surface area contributed by atoms with Gasteiger partial charge in [-0.05, 0) is 44.0 Å². The summed E-state index contributed by atoms with van der Waals surface area (Å²) in [6, 6.07) is 16.8. The van der Waals surface area contributed by atoms with Crippen molar-refractivity contribution in [3.8, 4) is 5.75 Å². The Labute approximate surface area is 195 Å². The molecule has 1 aliphatic rings. The molecule has 1 N–H and O–H groups in total. The minimum absolute atomic E-state index is 0.133. The van der Waals surface area contributed by atoms with Crippen LogP contribution < -0.4 is 10.1 Å². The van der Waals surface area contributed by atoms with Crippen LogP contribution in [0.5, 0.6) is 5.75 Å². The molecule has 0 aliphatic heterocycles. The van der Waals surface area contributed by atoms with Gasteiger partial charge in [-0.25, -0.2) is 9.59 Å². The molecule has 0 aromatic heterocycles. The van der Waals surface area contributed by atoms with Crippen molar-refractivity contribution in [3.05, 3.63) is 65.7 Å². The topological polar surface area (TPSA) is 83.1 Å². The summed E-state index contributed by atoms with van der Waals surface area (Å²) in [5.74, 6) is 0.233. The zero-order valence-corrected chi connectivity index (χ0v) is 19.7. The monoisotopic (exact) mass is 455 g/mol. The first-order valence-corrected chi connectivity index (χ1v) is 11.2. The number of nitrogens with one attached hydrogen (secondary N) is 1. The lowest BCUT2D eigenvalue weighted by Gasteiger charge is -2.35. The van der Waals surface area contributed by atoms with Crippen LogP contribution in [0.1, 0.15) is 44.7 Å². The van der Waals surface area contributed by atoms with Gasteiger partial charge < -0.3 is 24.3 Å². The van der Waals surface area contributed by atoms with Crippen molar-refractivity contribution in [1.82, 2.24) is 5.32 Å². The Balaban J connectivity index is 1.45. The van der Waals surface area contributed by atoms with Crippen molar-refractivity contribution in [3.63, 3.8) is 0 Å². The van der Waals surface area contributed by atoms with Crippen molar-refractivity contribution >= 4 is 12.1 Å². The largest absolute Gasteiger partial charge is 0.490 e. The van der Waals surface area contributed by atoms with Gasteiger partial charge in [0.1, 0.15) is 23.5 Å². The second-order valence-electron chi connectivity index (χ2n) is 9.20. The van der Waals surface area contributed by atoms with Gasteiger partial charge in [-0.15, -0.1) is 0 Å². The second-order valence-corrected chi connectivity index (χ2v) is 9.20. The number of hydrogen-bond donors (Lipinski definition) is 1. The smallest absolute Gasteiger partial charge is 0.408 e. The molecule has 1 aliphatic carbocycles. The zero-order valence-electron chi connectivity index (χ0n) is 19.7. The number of ether oxygens (including phenoxy) is 4. The highest BCUT2D eigenvalue weighted by Crippen LogP contribution is 2.29. The van der Waals surface area contributed by atoms with E-state index in [-0.39, 0.29) is 18.6 Å². The molecule has 2 aromatic rings. The quantitative estimate of drug-likeness (QED) is 0.564. The predicted octanol–water partition coefficient (Wildman–Crippen LogP) is 4.42. The molecule has 7 nitrogen and oxygen atoms in total. The van der Waals surface area contributed by atoms with Crippen LogP contribution in [0.15, 0.2) is 54.6 Å². The van der Waals surface area contributed by atoms with E-state index in [4.69, 9.17) is 18.9 Å². The lowest BCUT2D eigenvalue weighted by Crippen LogP contribution is -2.45. The van der Waals surface area contributed by atoms with E-state index in [1.54, 1.807) is 20.8 Å². The lowest BCUT2D eigenvalue weighted by molar-refractivity contribution is -0.143. The third-order valence-electron chi connectivity index (χ3n) is 5.22. The number of alkyl carbamates (subject to hydrolysis) is 1. The van der Waals surface area contributed by atoms with Crippen LogP contribution in [-0.2, 0) is 32.0 Å². The first kappa shape index (κ1) is 24.6. The first-order chi connectivity index (χ1) is 15.7. The number of amides is 1. The molecule has 0 spiro atoms. The third kappa shape index (κ3) is 8.09. The summed E-state index contributed by atoms with van der Waals surface area (Å²) >= 11 is 0. The number of rotatable bonds is 9. The fourth-order valence-electron chi connectivity index (χ4n) is 3.46. The molecule has 0 unspecified atom stereocenters. The van der Waals surface area contributed by atoms with Crippen LogP contribution in [0, 0.1) is 0 Å². The van der Waals surface area contributed by atoms with Crippen LogP contribution in [-0.4, -0.2) is 43.0 Å². The van der Waals surface area contributed by atoms with Crippen LogP contribution in [0.25, 0.3) is 0 Å². The van der Waals surface area contributed by atoms with Gasteiger partial charge in [-0.3, -0.25) is 0 Å². The minimum Gasteiger partial charge on any atom is -0.490 e. The van der Waals surface area contributed by atoms with E-state index < -0.39 is 23.7 Å².